The fourth-order valence-corrected chi connectivity index (χ4v) is 2.63. The fourth-order valence-electron chi connectivity index (χ4n) is 2.63. The first-order valence-electron chi connectivity index (χ1n) is 8.41. The van der Waals surface area contributed by atoms with E-state index in [2.05, 4.69) is 18.1 Å². The van der Waals surface area contributed by atoms with E-state index in [4.69, 9.17) is 9.84 Å². The molecule has 0 unspecified atom stereocenters. The van der Waals surface area contributed by atoms with Crippen molar-refractivity contribution in [3.05, 3.63) is 66.8 Å². The number of aldehydes is 1. The minimum atomic E-state index is -0.300. The summed E-state index contributed by atoms with van der Waals surface area (Å²) in [6.07, 6.45) is 8.48. The number of carbonyl (C=O) groups excluding carboxylic acids is 1. The van der Waals surface area contributed by atoms with E-state index in [0.717, 1.165) is 56.2 Å². The van der Waals surface area contributed by atoms with E-state index in [1.807, 2.05) is 43.5 Å². The maximum absolute atomic E-state index is 11.4. The Labute approximate surface area is 151 Å². The second-order valence-electron chi connectivity index (χ2n) is 6.04. The fraction of sp³-hybridized carbons (Fsp3) is 0.381. The number of hydrogen-bond acceptors (Lipinski definition) is 4. The molecular weight excluding hydrogens is 314 g/mol. The molecule has 0 aromatic heterocycles. The van der Waals surface area contributed by atoms with Crippen molar-refractivity contribution in [2.24, 2.45) is 0 Å². The number of carbonyl (C=O) groups is 1. The third-order valence-corrected chi connectivity index (χ3v) is 4.21. The quantitative estimate of drug-likeness (QED) is 0.524. The van der Waals surface area contributed by atoms with Gasteiger partial charge in [0, 0.05) is 25.8 Å². The largest absolute Gasteiger partial charge is 0.492 e. The van der Waals surface area contributed by atoms with Crippen molar-refractivity contribution >= 4 is 6.29 Å². The summed E-state index contributed by atoms with van der Waals surface area (Å²) in [4.78, 5) is 13.5. The van der Waals surface area contributed by atoms with Crippen molar-refractivity contribution in [3.63, 3.8) is 0 Å². The van der Waals surface area contributed by atoms with Crippen molar-refractivity contribution < 1.29 is 14.6 Å². The van der Waals surface area contributed by atoms with E-state index in [-0.39, 0.29) is 5.41 Å². The van der Waals surface area contributed by atoms with Gasteiger partial charge in [-0.15, -0.1) is 0 Å². The van der Waals surface area contributed by atoms with Gasteiger partial charge in [-0.3, -0.25) is 4.90 Å². The lowest BCUT2D eigenvalue weighted by Gasteiger charge is -2.19. The van der Waals surface area contributed by atoms with Crippen molar-refractivity contribution in [1.29, 1.82) is 0 Å². The molecule has 0 bridgehead atoms. The van der Waals surface area contributed by atoms with Crippen LogP contribution in [0.2, 0.25) is 0 Å². The molecule has 1 aliphatic rings. The smallest absolute Gasteiger partial charge is 0.130 e. The van der Waals surface area contributed by atoms with Crippen LogP contribution in [-0.4, -0.2) is 50.1 Å². The zero-order valence-electron chi connectivity index (χ0n) is 15.3. The normalized spacial score (nSPS) is 15.0. The summed E-state index contributed by atoms with van der Waals surface area (Å²) in [7, 11) is 3.05. The number of para-hydroxylation sites is 1. The summed E-state index contributed by atoms with van der Waals surface area (Å²) in [5.74, 6) is 0.830. The minimum absolute atomic E-state index is 0.300. The molecule has 1 aromatic rings. The summed E-state index contributed by atoms with van der Waals surface area (Å²) < 4.78 is 5.95. The van der Waals surface area contributed by atoms with Crippen LogP contribution < -0.4 is 4.74 Å². The predicted octanol–water partition coefficient (Wildman–Crippen LogP) is 3.13. The second-order valence-corrected chi connectivity index (χ2v) is 6.04. The van der Waals surface area contributed by atoms with E-state index >= 15 is 0 Å². The number of ether oxygens (including phenoxy) is 1. The maximum Gasteiger partial charge on any atom is 0.130 e. The molecule has 1 saturated carbocycles. The van der Waals surface area contributed by atoms with Crippen LogP contribution in [0.25, 0.3) is 0 Å². The Morgan fingerprint density at radius 2 is 2.00 bits per heavy atom. The standard InChI is InChI=1S/C20H25NO2.CH4O/c1-4-8-17(5-2)15-21(3)13-14-23-19-10-7-6-9-18(19)20(16-22)11-12-20;1-2/h4-10,16H,1-2,11-15H2,3H3;2H,1H3/b17-8+;. The summed E-state index contributed by atoms with van der Waals surface area (Å²) in [6, 6.07) is 7.87. The van der Waals surface area contributed by atoms with Crippen molar-refractivity contribution in [1.82, 2.24) is 4.90 Å². The van der Waals surface area contributed by atoms with Crippen LogP contribution in [0.5, 0.6) is 5.75 Å². The monoisotopic (exact) mass is 343 g/mol. The zero-order chi connectivity index (χ0) is 18.7. The number of rotatable bonds is 10. The highest BCUT2D eigenvalue weighted by atomic mass is 16.5. The van der Waals surface area contributed by atoms with Gasteiger partial charge in [-0.2, -0.15) is 0 Å². The zero-order valence-corrected chi connectivity index (χ0v) is 15.3. The molecule has 136 valence electrons. The Bertz CT molecular complexity index is 603. The van der Waals surface area contributed by atoms with Gasteiger partial charge in [0.15, 0.2) is 0 Å². The van der Waals surface area contributed by atoms with E-state index in [9.17, 15) is 4.79 Å². The van der Waals surface area contributed by atoms with Crippen LogP contribution in [0.1, 0.15) is 18.4 Å². The number of nitrogens with zero attached hydrogens (tertiary/aromatic N) is 1. The molecule has 0 atom stereocenters. The summed E-state index contributed by atoms with van der Waals surface area (Å²) in [5, 5.41) is 7.00. The molecule has 0 amide bonds. The van der Waals surface area contributed by atoms with E-state index in [1.165, 1.54) is 0 Å². The van der Waals surface area contributed by atoms with Crippen LogP contribution in [0, 0.1) is 0 Å². The molecule has 1 aromatic carbocycles. The molecule has 25 heavy (non-hydrogen) atoms. The Hall–Kier alpha value is -2.17. The number of allylic oxidation sites excluding steroid dienone is 2. The topological polar surface area (TPSA) is 49.8 Å². The Kier molecular flexibility index (Phi) is 8.89. The van der Waals surface area contributed by atoms with Crippen molar-refractivity contribution in [3.8, 4) is 5.75 Å². The predicted molar refractivity (Wildman–Crippen MR) is 103 cm³/mol. The first kappa shape index (κ1) is 20.9. The number of aliphatic hydroxyl groups excluding tert-OH is 1. The van der Waals surface area contributed by atoms with Gasteiger partial charge in [0.1, 0.15) is 18.6 Å². The number of benzene rings is 1. The summed E-state index contributed by atoms with van der Waals surface area (Å²) >= 11 is 0. The molecule has 2 rings (SSSR count). The highest BCUT2D eigenvalue weighted by Gasteiger charge is 2.46. The molecule has 4 nitrogen and oxygen atoms in total. The maximum atomic E-state index is 11.4. The van der Waals surface area contributed by atoms with Gasteiger partial charge in [-0.1, -0.05) is 49.6 Å². The lowest BCUT2D eigenvalue weighted by Crippen LogP contribution is -2.26. The SMILES string of the molecule is C=C/C=C(\C=C)CN(C)CCOc1ccccc1C1(C=O)CC1.CO. The second kappa shape index (κ2) is 10.6. The van der Waals surface area contributed by atoms with Crippen molar-refractivity contribution in [2.45, 2.75) is 18.3 Å². The van der Waals surface area contributed by atoms with Gasteiger partial charge in [0.25, 0.3) is 0 Å². The third kappa shape index (κ3) is 6.00. The van der Waals surface area contributed by atoms with E-state index in [0.29, 0.717) is 6.61 Å². The molecule has 0 saturated heterocycles. The molecule has 0 radical (unpaired) electrons. The van der Waals surface area contributed by atoms with Gasteiger partial charge in [-0.25, -0.2) is 0 Å². The first-order chi connectivity index (χ1) is 12.1. The molecule has 1 aliphatic carbocycles. The summed E-state index contributed by atoms with van der Waals surface area (Å²) in [5.41, 5.74) is 1.85. The Balaban J connectivity index is 0.00000151. The molecule has 0 aliphatic heterocycles. The van der Waals surface area contributed by atoms with Gasteiger partial charge in [0.2, 0.25) is 0 Å². The lowest BCUT2D eigenvalue weighted by atomic mass is 9.97. The highest BCUT2D eigenvalue weighted by Crippen LogP contribution is 2.49. The summed E-state index contributed by atoms with van der Waals surface area (Å²) in [6.45, 7) is 9.70. The van der Waals surface area contributed by atoms with Crippen LogP contribution in [0.15, 0.2) is 61.2 Å². The molecule has 0 spiro atoms. The Morgan fingerprint density at radius 1 is 1.32 bits per heavy atom. The molecule has 1 fully saturated rings. The first-order valence-corrected chi connectivity index (χ1v) is 8.41. The van der Waals surface area contributed by atoms with Gasteiger partial charge in [-0.05, 0) is 31.5 Å². The minimum Gasteiger partial charge on any atom is -0.492 e. The van der Waals surface area contributed by atoms with Crippen LogP contribution in [0.3, 0.4) is 0 Å². The van der Waals surface area contributed by atoms with Crippen LogP contribution in [0.4, 0.5) is 0 Å². The molecule has 4 heteroatoms. The van der Waals surface area contributed by atoms with Gasteiger partial charge in [0.05, 0.1) is 5.41 Å². The van der Waals surface area contributed by atoms with Crippen molar-refractivity contribution in [2.75, 3.05) is 33.9 Å². The molecular formula is C21H29NO3. The van der Waals surface area contributed by atoms with E-state index in [1.54, 1.807) is 6.08 Å². The number of hydrogen-bond donors (Lipinski definition) is 1. The average molecular weight is 343 g/mol. The molecule has 1 N–H and O–H groups in total. The average Bonchev–Trinajstić information content (AvgIpc) is 3.44. The lowest BCUT2D eigenvalue weighted by molar-refractivity contribution is -0.109. The van der Waals surface area contributed by atoms with Crippen LogP contribution in [-0.2, 0) is 10.2 Å². The van der Waals surface area contributed by atoms with E-state index < -0.39 is 0 Å². The highest BCUT2D eigenvalue weighted by molar-refractivity contribution is 5.74. The van der Waals surface area contributed by atoms with Gasteiger partial charge < -0.3 is 14.6 Å². The Morgan fingerprint density at radius 3 is 2.56 bits per heavy atom. The van der Waals surface area contributed by atoms with Gasteiger partial charge >= 0.3 is 0 Å². The van der Waals surface area contributed by atoms with Crippen LogP contribution >= 0.6 is 0 Å². The number of likely N-dealkylation sites (N-methyl/N-ethyl adjacent to an activating group) is 1. The third-order valence-electron chi connectivity index (χ3n) is 4.21. The number of aliphatic hydroxyl groups is 1. The molecule has 0 heterocycles.